The summed E-state index contributed by atoms with van der Waals surface area (Å²) >= 11 is 0. The molecule has 0 saturated carbocycles. The van der Waals surface area contributed by atoms with Crippen LogP contribution in [0.25, 0.3) is 11.1 Å². The lowest BCUT2D eigenvalue weighted by molar-refractivity contribution is 0.386. The molecule has 94 valence electrons. The van der Waals surface area contributed by atoms with Crippen LogP contribution in [0.1, 0.15) is 0 Å². The van der Waals surface area contributed by atoms with Crippen molar-refractivity contribution in [2.24, 2.45) is 0 Å². The quantitative estimate of drug-likeness (QED) is 0.906. The average molecular weight is 248 g/mol. The van der Waals surface area contributed by atoms with Crippen LogP contribution in [0.5, 0.6) is 17.2 Å². The van der Waals surface area contributed by atoms with Gasteiger partial charge in [-0.15, -0.1) is 0 Å². The first-order valence-electron chi connectivity index (χ1n) is 5.36. The molecule has 0 aliphatic carbocycles. The van der Waals surface area contributed by atoms with E-state index in [2.05, 4.69) is 0 Å². The van der Waals surface area contributed by atoms with Crippen LogP contribution in [0.3, 0.4) is 0 Å². The molecule has 0 spiro atoms. The van der Waals surface area contributed by atoms with Gasteiger partial charge in [0.15, 0.2) is 11.6 Å². The zero-order valence-corrected chi connectivity index (χ0v) is 10.1. The molecule has 3 nitrogen and oxygen atoms in total. The molecule has 0 atom stereocenters. The summed E-state index contributed by atoms with van der Waals surface area (Å²) in [6.07, 6.45) is 0. The van der Waals surface area contributed by atoms with Gasteiger partial charge in [0, 0.05) is 6.07 Å². The van der Waals surface area contributed by atoms with E-state index in [-0.39, 0.29) is 11.5 Å². The number of phenols is 1. The lowest BCUT2D eigenvalue weighted by Gasteiger charge is -2.08. The summed E-state index contributed by atoms with van der Waals surface area (Å²) in [5.74, 6) is 0.324. The zero-order chi connectivity index (χ0) is 13.1. The first-order valence-corrected chi connectivity index (χ1v) is 5.36. The largest absolute Gasteiger partial charge is 0.508 e. The van der Waals surface area contributed by atoms with Gasteiger partial charge >= 0.3 is 0 Å². The van der Waals surface area contributed by atoms with Crippen LogP contribution >= 0.6 is 0 Å². The maximum atomic E-state index is 13.6. The third-order valence-corrected chi connectivity index (χ3v) is 2.61. The summed E-state index contributed by atoms with van der Waals surface area (Å²) in [4.78, 5) is 0. The van der Waals surface area contributed by atoms with Crippen molar-refractivity contribution in [3.63, 3.8) is 0 Å². The monoisotopic (exact) mass is 248 g/mol. The highest BCUT2D eigenvalue weighted by atomic mass is 19.1. The minimum Gasteiger partial charge on any atom is -0.508 e. The van der Waals surface area contributed by atoms with Gasteiger partial charge in [-0.25, -0.2) is 4.39 Å². The Morgan fingerprint density at radius 1 is 0.944 bits per heavy atom. The fraction of sp³-hybridized carbons (Fsp3) is 0.143. The van der Waals surface area contributed by atoms with Crippen LogP contribution in [0.2, 0.25) is 0 Å². The molecular formula is C14H13FO3. The van der Waals surface area contributed by atoms with E-state index in [9.17, 15) is 9.50 Å². The molecule has 0 amide bonds. The molecule has 2 rings (SSSR count). The highest BCUT2D eigenvalue weighted by molar-refractivity contribution is 5.68. The molecule has 4 heteroatoms. The Morgan fingerprint density at radius 2 is 1.72 bits per heavy atom. The van der Waals surface area contributed by atoms with Crippen molar-refractivity contribution in [2.45, 2.75) is 0 Å². The molecule has 18 heavy (non-hydrogen) atoms. The number of phenolic OH excluding ortho intramolecular Hbond substituents is 1. The number of ether oxygens (including phenoxy) is 2. The summed E-state index contributed by atoms with van der Waals surface area (Å²) in [5, 5.41) is 9.56. The third kappa shape index (κ3) is 2.37. The highest BCUT2D eigenvalue weighted by Crippen LogP contribution is 2.31. The Kier molecular flexibility index (Phi) is 3.37. The minimum atomic E-state index is -0.447. The lowest BCUT2D eigenvalue weighted by Crippen LogP contribution is -1.89. The van der Waals surface area contributed by atoms with Gasteiger partial charge in [0.2, 0.25) is 0 Å². The summed E-state index contributed by atoms with van der Waals surface area (Å²) in [6, 6.07) is 9.37. The van der Waals surface area contributed by atoms with Crippen LogP contribution in [0.15, 0.2) is 36.4 Å². The van der Waals surface area contributed by atoms with Gasteiger partial charge in [-0.3, -0.25) is 0 Å². The highest BCUT2D eigenvalue weighted by Gasteiger charge is 2.07. The standard InChI is InChI=1S/C14H13FO3/c1-17-12-6-10(5-11(16)8-12)9-3-4-14(18-2)13(15)7-9/h3-8,16H,1-2H3. The molecule has 1 N–H and O–H groups in total. The van der Waals surface area contributed by atoms with Gasteiger partial charge < -0.3 is 14.6 Å². The predicted molar refractivity (Wildman–Crippen MR) is 66.6 cm³/mol. The molecule has 0 aromatic heterocycles. The van der Waals surface area contributed by atoms with E-state index in [1.165, 1.54) is 26.4 Å². The van der Waals surface area contributed by atoms with Gasteiger partial charge in [0.1, 0.15) is 11.5 Å². The predicted octanol–water partition coefficient (Wildman–Crippen LogP) is 3.22. The first-order chi connectivity index (χ1) is 8.63. The maximum Gasteiger partial charge on any atom is 0.165 e. The second kappa shape index (κ2) is 4.96. The van der Waals surface area contributed by atoms with Crippen molar-refractivity contribution in [3.8, 4) is 28.4 Å². The van der Waals surface area contributed by atoms with E-state index in [4.69, 9.17) is 9.47 Å². The molecule has 0 aliphatic rings. The topological polar surface area (TPSA) is 38.7 Å². The number of hydrogen-bond donors (Lipinski definition) is 1. The van der Waals surface area contributed by atoms with Crippen molar-refractivity contribution in [1.29, 1.82) is 0 Å². The van der Waals surface area contributed by atoms with E-state index < -0.39 is 5.82 Å². The molecule has 0 aliphatic heterocycles. The second-order valence-corrected chi connectivity index (χ2v) is 3.77. The SMILES string of the molecule is COc1cc(O)cc(-c2ccc(OC)c(F)c2)c1. The average Bonchev–Trinajstić information content (AvgIpc) is 2.37. The molecule has 0 heterocycles. The fourth-order valence-corrected chi connectivity index (χ4v) is 1.71. The van der Waals surface area contributed by atoms with E-state index in [1.54, 1.807) is 24.3 Å². The molecule has 0 unspecified atom stereocenters. The minimum absolute atomic E-state index is 0.0700. The van der Waals surface area contributed by atoms with Crippen molar-refractivity contribution in [2.75, 3.05) is 14.2 Å². The molecule has 2 aromatic rings. The normalized spacial score (nSPS) is 10.2. The van der Waals surface area contributed by atoms with E-state index in [0.29, 0.717) is 16.9 Å². The first kappa shape index (κ1) is 12.2. The Bertz CT molecular complexity index is 567. The van der Waals surface area contributed by atoms with Gasteiger partial charge in [0.05, 0.1) is 14.2 Å². The Balaban J connectivity index is 2.48. The van der Waals surface area contributed by atoms with Crippen LogP contribution in [-0.2, 0) is 0 Å². The fourth-order valence-electron chi connectivity index (χ4n) is 1.71. The smallest absolute Gasteiger partial charge is 0.165 e. The Hall–Kier alpha value is -2.23. The van der Waals surface area contributed by atoms with Gasteiger partial charge in [-0.1, -0.05) is 6.07 Å². The van der Waals surface area contributed by atoms with Crippen LogP contribution in [0.4, 0.5) is 4.39 Å². The van der Waals surface area contributed by atoms with Crippen molar-refractivity contribution < 1.29 is 19.0 Å². The summed E-state index contributed by atoms with van der Waals surface area (Å²) in [5.41, 5.74) is 1.32. The number of halogens is 1. The summed E-state index contributed by atoms with van der Waals surface area (Å²) < 4.78 is 23.5. The maximum absolute atomic E-state index is 13.6. The van der Waals surface area contributed by atoms with Gasteiger partial charge in [-0.2, -0.15) is 0 Å². The third-order valence-electron chi connectivity index (χ3n) is 2.61. The number of hydrogen-bond acceptors (Lipinski definition) is 3. The van der Waals surface area contributed by atoms with Crippen molar-refractivity contribution in [3.05, 3.63) is 42.2 Å². The number of aromatic hydroxyl groups is 1. The molecule has 0 bridgehead atoms. The van der Waals surface area contributed by atoms with Gasteiger partial charge in [0.25, 0.3) is 0 Å². The molecule has 0 radical (unpaired) electrons. The number of rotatable bonds is 3. The molecule has 0 saturated heterocycles. The number of methoxy groups -OCH3 is 2. The van der Waals surface area contributed by atoms with Crippen molar-refractivity contribution >= 4 is 0 Å². The summed E-state index contributed by atoms with van der Waals surface area (Å²) in [6.45, 7) is 0. The van der Waals surface area contributed by atoms with E-state index >= 15 is 0 Å². The Morgan fingerprint density at radius 3 is 2.33 bits per heavy atom. The zero-order valence-electron chi connectivity index (χ0n) is 10.1. The molecule has 2 aromatic carbocycles. The van der Waals surface area contributed by atoms with Crippen LogP contribution in [0, 0.1) is 5.82 Å². The van der Waals surface area contributed by atoms with Crippen molar-refractivity contribution in [1.82, 2.24) is 0 Å². The Labute approximate surface area is 104 Å². The van der Waals surface area contributed by atoms with Gasteiger partial charge in [-0.05, 0) is 35.4 Å². The number of benzene rings is 2. The molecular weight excluding hydrogens is 235 g/mol. The van der Waals surface area contributed by atoms with E-state index in [1.807, 2.05) is 0 Å². The molecule has 0 fully saturated rings. The second-order valence-electron chi connectivity index (χ2n) is 3.77. The van der Waals surface area contributed by atoms with Crippen LogP contribution < -0.4 is 9.47 Å². The summed E-state index contributed by atoms with van der Waals surface area (Å²) in [7, 11) is 2.92. The van der Waals surface area contributed by atoms with E-state index in [0.717, 1.165) is 0 Å². The lowest BCUT2D eigenvalue weighted by atomic mass is 10.0. The van der Waals surface area contributed by atoms with Crippen LogP contribution in [-0.4, -0.2) is 19.3 Å².